The van der Waals surface area contributed by atoms with Crippen molar-refractivity contribution in [3.63, 3.8) is 0 Å². The fraction of sp³-hybridized carbons (Fsp3) is 0.200. The summed E-state index contributed by atoms with van der Waals surface area (Å²) in [6, 6.07) is 7.21. The van der Waals surface area contributed by atoms with Crippen molar-refractivity contribution in [1.82, 2.24) is 0 Å². The zero-order valence-corrected chi connectivity index (χ0v) is 7.90. The maximum absolute atomic E-state index is 11.5. The molecule has 0 saturated carbocycles. The van der Waals surface area contributed by atoms with E-state index >= 15 is 0 Å². The van der Waals surface area contributed by atoms with Gasteiger partial charge >= 0.3 is 0 Å². The van der Waals surface area contributed by atoms with Gasteiger partial charge in [-0.1, -0.05) is 12.1 Å². The number of anilines is 2. The van der Waals surface area contributed by atoms with Gasteiger partial charge in [-0.05, 0) is 19.1 Å². The fourth-order valence-corrected chi connectivity index (χ4v) is 1.42. The first-order valence-electron chi connectivity index (χ1n) is 4.40. The Labute approximate surface area is 82.0 Å². The summed E-state index contributed by atoms with van der Waals surface area (Å²) in [5, 5.41) is 5.49. The highest BCUT2D eigenvalue weighted by atomic mass is 16.2. The first-order chi connectivity index (χ1) is 6.68. The van der Waals surface area contributed by atoms with Gasteiger partial charge in [0.05, 0.1) is 17.8 Å². The predicted molar refractivity (Wildman–Crippen MR) is 56.1 cm³/mol. The van der Waals surface area contributed by atoms with Crippen molar-refractivity contribution in [1.29, 1.82) is 0 Å². The van der Waals surface area contributed by atoms with Gasteiger partial charge in [-0.2, -0.15) is 10.1 Å². The molecule has 4 nitrogen and oxygen atoms in total. The number of benzene rings is 1. The summed E-state index contributed by atoms with van der Waals surface area (Å²) in [5.41, 5.74) is 7.79. The summed E-state index contributed by atoms with van der Waals surface area (Å²) in [6.45, 7) is 1.83. The van der Waals surface area contributed by atoms with Gasteiger partial charge in [0.25, 0.3) is 5.91 Å². The molecular formula is C10H11N3O. The molecule has 1 aromatic carbocycles. The second-order valence-corrected chi connectivity index (χ2v) is 3.28. The molecular weight excluding hydrogens is 178 g/mol. The highest BCUT2D eigenvalue weighted by Gasteiger charge is 2.23. The summed E-state index contributed by atoms with van der Waals surface area (Å²) in [7, 11) is 0. The van der Waals surface area contributed by atoms with Crippen molar-refractivity contribution in [2.24, 2.45) is 5.10 Å². The lowest BCUT2D eigenvalue weighted by Crippen LogP contribution is -2.20. The van der Waals surface area contributed by atoms with Crippen LogP contribution in [0.2, 0.25) is 0 Å². The van der Waals surface area contributed by atoms with E-state index in [1.165, 1.54) is 5.01 Å². The third-order valence-corrected chi connectivity index (χ3v) is 2.08. The Hall–Kier alpha value is -1.84. The number of para-hydroxylation sites is 2. The third kappa shape index (κ3) is 1.35. The zero-order chi connectivity index (χ0) is 10.1. The van der Waals surface area contributed by atoms with Crippen LogP contribution in [-0.4, -0.2) is 11.6 Å². The molecule has 14 heavy (non-hydrogen) atoms. The molecule has 4 heteroatoms. The third-order valence-electron chi connectivity index (χ3n) is 2.08. The average molecular weight is 189 g/mol. The minimum atomic E-state index is -0.0274. The van der Waals surface area contributed by atoms with Crippen molar-refractivity contribution in [3.8, 4) is 0 Å². The molecule has 0 fully saturated rings. The maximum Gasteiger partial charge on any atom is 0.253 e. The van der Waals surface area contributed by atoms with Crippen LogP contribution in [-0.2, 0) is 4.79 Å². The quantitative estimate of drug-likeness (QED) is 0.678. The number of hydrogen-bond donors (Lipinski definition) is 1. The maximum atomic E-state index is 11.5. The highest BCUT2D eigenvalue weighted by Crippen LogP contribution is 2.26. The van der Waals surface area contributed by atoms with Crippen LogP contribution in [0, 0.1) is 0 Å². The molecule has 0 unspecified atom stereocenters. The van der Waals surface area contributed by atoms with Crippen molar-refractivity contribution >= 4 is 23.0 Å². The van der Waals surface area contributed by atoms with Crippen LogP contribution in [0.5, 0.6) is 0 Å². The van der Waals surface area contributed by atoms with E-state index in [9.17, 15) is 4.79 Å². The predicted octanol–water partition coefficient (Wildman–Crippen LogP) is 1.38. The molecule has 0 aromatic heterocycles. The van der Waals surface area contributed by atoms with E-state index in [1.807, 2.05) is 19.1 Å². The van der Waals surface area contributed by atoms with E-state index in [0.29, 0.717) is 17.8 Å². The molecule has 0 atom stereocenters. The van der Waals surface area contributed by atoms with Gasteiger partial charge in [0.2, 0.25) is 0 Å². The van der Waals surface area contributed by atoms with Gasteiger partial charge in [-0.25, -0.2) is 0 Å². The number of rotatable bonds is 1. The van der Waals surface area contributed by atoms with Crippen molar-refractivity contribution < 1.29 is 4.79 Å². The molecule has 2 rings (SSSR count). The monoisotopic (exact) mass is 189 g/mol. The van der Waals surface area contributed by atoms with E-state index in [1.54, 1.807) is 12.1 Å². The van der Waals surface area contributed by atoms with Crippen LogP contribution in [0.15, 0.2) is 29.4 Å². The van der Waals surface area contributed by atoms with E-state index in [-0.39, 0.29) is 5.91 Å². The number of carbonyl (C=O) groups excluding carboxylic acids is 1. The molecule has 1 aliphatic rings. The Morgan fingerprint density at radius 3 is 2.71 bits per heavy atom. The Kier molecular flexibility index (Phi) is 1.96. The molecule has 1 aromatic rings. The number of nitrogens with two attached hydrogens (primary N) is 1. The van der Waals surface area contributed by atoms with Crippen LogP contribution >= 0.6 is 0 Å². The van der Waals surface area contributed by atoms with Crippen LogP contribution in [0.4, 0.5) is 11.4 Å². The highest BCUT2D eigenvalue weighted by molar-refractivity contribution is 6.13. The average Bonchev–Trinajstić information content (AvgIpc) is 2.46. The molecule has 0 aliphatic carbocycles. The van der Waals surface area contributed by atoms with Gasteiger partial charge in [-0.15, -0.1) is 0 Å². The standard InChI is InChI=1S/C10H11N3O/c1-7-6-10(14)13(12-7)9-5-3-2-4-8(9)11/h2-5H,6,11H2,1H3. The summed E-state index contributed by atoms with van der Waals surface area (Å²) in [4.78, 5) is 11.5. The molecule has 1 heterocycles. The van der Waals surface area contributed by atoms with Crippen molar-refractivity contribution in [2.45, 2.75) is 13.3 Å². The smallest absolute Gasteiger partial charge is 0.253 e. The molecule has 0 spiro atoms. The van der Waals surface area contributed by atoms with Gasteiger partial charge in [0.15, 0.2) is 0 Å². The minimum absolute atomic E-state index is 0.0274. The van der Waals surface area contributed by atoms with E-state index in [2.05, 4.69) is 5.10 Å². The normalized spacial score (nSPS) is 15.9. The summed E-state index contributed by atoms with van der Waals surface area (Å²) in [6.07, 6.45) is 0.383. The lowest BCUT2D eigenvalue weighted by Gasteiger charge is -2.13. The van der Waals surface area contributed by atoms with Crippen molar-refractivity contribution in [2.75, 3.05) is 10.7 Å². The topological polar surface area (TPSA) is 58.7 Å². The second-order valence-electron chi connectivity index (χ2n) is 3.28. The number of nitrogens with zero attached hydrogens (tertiary/aromatic N) is 2. The SMILES string of the molecule is CC1=NN(c2ccccc2N)C(=O)C1. The lowest BCUT2D eigenvalue weighted by atomic mass is 10.2. The summed E-state index contributed by atoms with van der Waals surface area (Å²) >= 11 is 0. The van der Waals surface area contributed by atoms with E-state index < -0.39 is 0 Å². The summed E-state index contributed by atoms with van der Waals surface area (Å²) in [5.74, 6) is -0.0274. The zero-order valence-electron chi connectivity index (χ0n) is 7.90. The van der Waals surface area contributed by atoms with Gasteiger partial charge in [-0.3, -0.25) is 4.79 Å². The number of nitrogen functional groups attached to an aromatic ring is 1. The number of hydrazone groups is 1. The van der Waals surface area contributed by atoms with E-state index in [4.69, 9.17) is 5.73 Å². The Morgan fingerprint density at radius 2 is 2.14 bits per heavy atom. The summed E-state index contributed by atoms with van der Waals surface area (Å²) < 4.78 is 0. The van der Waals surface area contributed by atoms with Gasteiger partial charge in [0.1, 0.15) is 0 Å². The lowest BCUT2D eigenvalue weighted by molar-refractivity contribution is -0.116. The molecule has 2 N–H and O–H groups in total. The molecule has 1 amide bonds. The Morgan fingerprint density at radius 1 is 1.43 bits per heavy atom. The largest absolute Gasteiger partial charge is 0.397 e. The molecule has 1 aliphatic heterocycles. The molecule has 0 radical (unpaired) electrons. The van der Waals surface area contributed by atoms with Crippen LogP contribution in [0.25, 0.3) is 0 Å². The minimum Gasteiger partial charge on any atom is -0.397 e. The number of carbonyl (C=O) groups is 1. The second kappa shape index (κ2) is 3.14. The Bertz CT molecular complexity index is 412. The van der Waals surface area contributed by atoms with Crippen molar-refractivity contribution in [3.05, 3.63) is 24.3 Å². The van der Waals surface area contributed by atoms with Crippen LogP contribution in [0.3, 0.4) is 0 Å². The molecule has 72 valence electrons. The van der Waals surface area contributed by atoms with Crippen LogP contribution < -0.4 is 10.7 Å². The van der Waals surface area contributed by atoms with Gasteiger partial charge in [0, 0.05) is 5.71 Å². The first kappa shape index (κ1) is 8.74. The fourth-order valence-electron chi connectivity index (χ4n) is 1.42. The van der Waals surface area contributed by atoms with Gasteiger partial charge < -0.3 is 5.73 Å². The first-order valence-corrected chi connectivity index (χ1v) is 4.40. The Balaban J connectivity index is 2.41. The number of amides is 1. The molecule has 0 saturated heterocycles. The number of hydrogen-bond acceptors (Lipinski definition) is 3. The molecule has 0 bridgehead atoms. The van der Waals surface area contributed by atoms with E-state index in [0.717, 1.165) is 5.71 Å². The van der Waals surface area contributed by atoms with Crippen LogP contribution in [0.1, 0.15) is 13.3 Å².